The molecule has 1 atom stereocenters. The summed E-state index contributed by atoms with van der Waals surface area (Å²) in [4.78, 5) is 23.6. The monoisotopic (exact) mass is 354 g/mol. The van der Waals surface area contributed by atoms with Gasteiger partial charge in [-0.15, -0.1) is 0 Å². The molecule has 0 aromatic heterocycles. The van der Waals surface area contributed by atoms with Crippen LogP contribution in [0.2, 0.25) is 13.1 Å². The summed E-state index contributed by atoms with van der Waals surface area (Å²) in [6, 6.07) is 0. The molecule has 138 valence electrons. The molecule has 0 N–H and O–H groups in total. The fourth-order valence-electron chi connectivity index (χ4n) is 3.15. The van der Waals surface area contributed by atoms with E-state index in [4.69, 9.17) is 4.43 Å². The minimum atomic E-state index is -1.23. The Bertz CT molecular complexity index is 474. The van der Waals surface area contributed by atoms with Crippen molar-refractivity contribution in [2.45, 2.75) is 78.8 Å². The standard InChI is InChI=1S/C19H34O4Si/c1-19(2,3)15-13-16(20)14(18(15)23-24(5)6)11-9-7-8-10-12-17(21)22-4/h15,24H,7-13H2,1-6H3/t15-/m0/s1. The van der Waals surface area contributed by atoms with Gasteiger partial charge < -0.3 is 9.16 Å². The number of Topliss-reactive ketones (excluding diaryl/α,β-unsaturated/α-hetero) is 1. The van der Waals surface area contributed by atoms with Gasteiger partial charge in [0.15, 0.2) is 5.78 Å². The Kier molecular flexibility index (Phi) is 8.20. The lowest BCUT2D eigenvalue weighted by Gasteiger charge is -2.30. The molecule has 1 aliphatic rings. The first-order valence-electron chi connectivity index (χ1n) is 9.16. The van der Waals surface area contributed by atoms with Gasteiger partial charge in [-0.25, -0.2) is 0 Å². The smallest absolute Gasteiger partial charge is 0.305 e. The van der Waals surface area contributed by atoms with E-state index in [0.29, 0.717) is 12.8 Å². The summed E-state index contributed by atoms with van der Waals surface area (Å²) in [5, 5.41) is 0. The Labute approximate surface area is 148 Å². The zero-order valence-corrected chi connectivity index (χ0v) is 17.4. The topological polar surface area (TPSA) is 52.6 Å². The summed E-state index contributed by atoms with van der Waals surface area (Å²) in [7, 11) is 0.194. The van der Waals surface area contributed by atoms with Crippen molar-refractivity contribution in [3.8, 4) is 0 Å². The summed E-state index contributed by atoms with van der Waals surface area (Å²) < 4.78 is 10.8. The van der Waals surface area contributed by atoms with Gasteiger partial charge in [0.2, 0.25) is 9.04 Å². The molecule has 0 heterocycles. The summed E-state index contributed by atoms with van der Waals surface area (Å²) in [5.74, 6) is 1.33. The Morgan fingerprint density at radius 3 is 2.33 bits per heavy atom. The van der Waals surface area contributed by atoms with E-state index in [2.05, 4.69) is 38.6 Å². The molecule has 0 unspecified atom stereocenters. The van der Waals surface area contributed by atoms with Crippen LogP contribution >= 0.6 is 0 Å². The van der Waals surface area contributed by atoms with Crippen LogP contribution in [0.1, 0.15) is 65.7 Å². The molecule has 0 radical (unpaired) electrons. The first-order chi connectivity index (χ1) is 11.2. The van der Waals surface area contributed by atoms with Crippen LogP contribution in [0.5, 0.6) is 0 Å². The van der Waals surface area contributed by atoms with Crippen LogP contribution in [0.25, 0.3) is 0 Å². The van der Waals surface area contributed by atoms with Crippen molar-refractivity contribution in [3.05, 3.63) is 11.3 Å². The number of carbonyl (C=O) groups is 2. The van der Waals surface area contributed by atoms with E-state index in [1.54, 1.807) is 0 Å². The lowest BCUT2D eigenvalue weighted by atomic mass is 9.79. The van der Waals surface area contributed by atoms with E-state index < -0.39 is 9.04 Å². The molecule has 24 heavy (non-hydrogen) atoms. The lowest BCUT2D eigenvalue weighted by molar-refractivity contribution is -0.140. The predicted octanol–water partition coefficient (Wildman–Crippen LogP) is 4.39. The first-order valence-corrected chi connectivity index (χ1v) is 11.9. The quantitative estimate of drug-likeness (QED) is 0.350. The maximum absolute atomic E-state index is 12.5. The third-order valence-corrected chi connectivity index (χ3v) is 5.26. The van der Waals surface area contributed by atoms with Crippen molar-refractivity contribution in [3.63, 3.8) is 0 Å². The fourth-order valence-corrected chi connectivity index (χ4v) is 3.96. The first kappa shape index (κ1) is 20.9. The van der Waals surface area contributed by atoms with Gasteiger partial charge in [-0.1, -0.05) is 33.6 Å². The predicted molar refractivity (Wildman–Crippen MR) is 99.3 cm³/mol. The van der Waals surface area contributed by atoms with Gasteiger partial charge in [-0.2, -0.15) is 0 Å². The fraction of sp³-hybridized carbons (Fsp3) is 0.789. The maximum Gasteiger partial charge on any atom is 0.305 e. The van der Waals surface area contributed by atoms with Crippen molar-refractivity contribution in [2.24, 2.45) is 11.3 Å². The van der Waals surface area contributed by atoms with Crippen LogP contribution in [0.4, 0.5) is 0 Å². The SMILES string of the molecule is COC(=O)CCCCCCC1=C(O[SiH](C)C)[C@@H](C(C)(C)C)CC1=O. The zero-order chi connectivity index (χ0) is 18.3. The molecule has 0 saturated heterocycles. The molecule has 4 nitrogen and oxygen atoms in total. The molecular formula is C19H34O4Si. The highest BCUT2D eigenvalue weighted by Gasteiger charge is 2.40. The summed E-state index contributed by atoms with van der Waals surface area (Å²) in [6.07, 6.45) is 5.74. The van der Waals surface area contributed by atoms with Crippen LogP contribution in [0, 0.1) is 11.3 Å². The van der Waals surface area contributed by atoms with Crippen molar-refractivity contribution >= 4 is 20.8 Å². The molecule has 1 aliphatic carbocycles. The lowest BCUT2D eigenvalue weighted by Crippen LogP contribution is -2.24. The Morgan fingerprint density at radius 2 is 1.79 bits per heavy atom. The highest BCUT2D eigenvalue weighted by Crippen LogP contribution is 2.43. The molecule has 0 fully saturated rings. The van der Waals surface area contributed by atoms with E-state index in [1.807, 2.05) is 0 Å². The molecule has 0 bridgehead atoms. The number of allylic oxidation sites excluding steroid dienone is 2. The van der Waals surface area contributed by atoms with Crippen LogP contribution in [0.15, 0.2) is 11.3 Å². The molecule has 0 aromatic rings. The number of carbonyl (C=O) groups excluding carboxylic acids is 2. The molecule has 0 amide bonds. The zero-order valence-electron chi connectivity index (χ0n) is 16.2. The van der Waals surface area contributed by atoms with Gasteiger partial charge in [0.1, 0.15) is 0 Å². The van der Waals surface area contributed by atoms with Gasteiger partial charge >= 0.3 is 5.97 Å². The normalized spacial score (nSPS) is 18.5. The van der Waals surface area contributed by atoms with Crippen molar-refractivity contribution in [1.29, 1.82) is 0 Å². The molecular weight excluding hydrogens is 320 g/mol. The van der Waals surface area contributed by atoms with Gasteiger partial charge in [0.25, 0.3) is 0 Å². The second-order valence-corrected chi connectivity index (χ2v) is 10.4. The van der Waals surface area contributed by atoms with Crippen LogP contribution in [-0.4, -0.2) is 27.9 Å². The van der Waals surface area contributed by atoms with Crippen molar-refractivity contribution in [2.75, 3.05) is 7.11 Å². The molecule has 5 heteroatoms. The summed E-state index contributed by atoms with van der Waals surface area (Å²) in [5.41, 5.74) is 0.986. The number of hydrogen-bond donors (Lipinski definition) is 0. The van der Waals surface area contributed by atoms with Crippen LogP contribution in [0.3, 0.4) is 0 Å². The molecule has 0 spiro atoms. The number of ether oxygens (including phenoxy) is 1. The number of rotatable bonds is 9. The van der Waals surface area contributed by atoms with Crippen LogP contribution in [-0.2, 0) is 18.8 Å². The highest BCUT2D eigenvalue weighted by atomic mass is 28.3. The Hall–Kier alpha value is -1.10. The van der Waals surface area contributed by atoms with Crippen molar-refractivity contribution < 1.29 is 18.8 Å². The number of unbranched alkanes of at least 4 members (excludes halogenated alkanes) is 3. The van der Waals surface area contributed by atoms with E-state index in [9.17, 15) is 9.59 Å². The number of methoxy groups -OCH3 is 1. The maximum atomic E-state index is 12.5. The van der Waals surface area contributed by atoms with Gasteiger partial charge in [-0.3, -0.25) is 9.59 Å². The van der Waals surface area contributed by atoms with Gasteiger partial charge in [0.05, 0.1) is 12.9 Å². The molecule has 0 aromatic carbocycles. The van der Waals surface area contributed by atoms with E-state index in [1.165, 1.54) is 7.11 Å². The van der Waals surface area contributed by atoms with Crippen LogP contribution < -0.4 is 0 Å². The Balaban J connectivity index is 2.60. The summed E-state index contributed by atoms with van der Waals surface area (Å²) >= 11 is 0. The molecule has 0 aliphatic heterocycles. The second-order valence-electron chi connectivity index (χ2n) is 8.05. The number of hydrogen-bond acceptors (Lipinski definition) is 4. The third-order valence-electron chi connectivity index (χ3n) is 4.53. The van der Waals surface area contributed by atoms with Crippen molar-refractivity contribution in [1.82, 2.24) is 0 Å². The minimum absolute atomic E-state index is 0.0521. The van der Waals surface area contributed by atoms with E-state index >= 15 is 0 Å². The Morgan fingerprint density at radius 1 is 1.17 bits per heavy atom. The number of esters is 1. The van der Waals surface area contributed by atoms with E-state index in [-0.39, 0.29) is 23.1 Å². The largest absolute Gasteiger partial charge is 0.549 e. The average Bonchev–Trinajstić information content (AvgIpc) is 2.78. The highest BCUT2D eigenvalue weighted by molar-refractivity contribution is 6.48. The average molecular weight is 355 g/mol. The molecule has 0 saturated carbocycles. The van der Waals surface area contributed by atoms with Gasteiger partial charge in [0, 0.05) is 24.3 Å². The molecule has 1 rings (SSSR count). The third kappa shape index (κ3) is 6.42. The minimum Gasteiger partial charge on any atom is -0.549 e. The van der Waals surface area contributed by atoms with E-state index in [0.717, 1.165) is 43.4 Å². The van der Waals surface area contributed by atoms with Gasteiger partial charge in [-0.05, 0) is 37.8 Å². The second kappa shape index (κ2) is 9.40. The number of ketones is 1. The summed E-state index contributed by atoms with van der Waals surface area (Å²) in [6.45, 7) is 10.9.